The number of nitrogen functional groups attached to an aromatic ring is 1. The molecule has 1 aromatic heterocycles. The van der Waals surface area contributed by atoms with Crippen molar-refractivity contribution < 1.29 is 17.9 Å². The van der Waals surface area contributed by atoms with Gasteiger partial charge in [-0.25, -0.2) is 4.98 Å². The zero-order valence-electron chi connectivity index (χ0n) is 12.6. The monoisotopic (exact) mass is 334 g/mol. The predicted molar refractivity (Wildman–Crippen MR) is 83.2 cm³/mol. The summed E-state index contributed by atoms with van der Waals surface area (Å²) < 4.78 is 42.9. The number of hydrogen-bond acceptors (Lipinski definition) is 4. The van der Waals surface area contributed by atoms with Crippen molar-refractivity contribution in [3.63, 3.8) is 0 Å². The van der Waals surface area contributed by atoms with E-state index in [2.05, 4.69) is 15.2 Å². The topological polar surface area (TPSA) is 76.8 Å². The summed E-state index contributed by atoms with van der Waals surface area (Å²) in [7, 11) is 1.51. The van der Waals surface area contributed by atoms with Gasteiger partial charge in [-0.3, -0.25) is 5.10 Å². The molecule has 0 atom stereocenters. The fraction of sp³-hybridized carbons (Fsp3) is 0.125. The van der Waals surface area contributed by atoms with Crippen molar-refractivity contribution in [3.05, 3.63) is 48.0 Å². The van der Waals surface area contributed by atoms with Gasteiger partial charge in [0.2, 0.25) is 0 Å². The minimum absolute atomic E-state index is 0.369. The van der Waals surface area contributed by atoms with Crippen LogP contribution in [0.5, 0.6) is 5.75 Å². The summed E-state index contributed by atoms with van der Waals surface area (Å²) >= 11 is 0. The Morgan fingerprint density at radius 1 is 1.04 bits per heavy atom. The molecular weight excluding hydrogens is 321 g/mol. The maximum absolute atomic E-state index is 12.6. The molecule has 24 heavy (non-hydrogen) atoms. The Morgan fingerprint density at radius 3 is 2.29 bits per heavy atom. The highest BCUT2D eigenvalue weighted by Gasteiger charge is 2.30. The van der Waals surface area contributed by atoms with Gasteiger partial charge < -0.3 is 10.5 Å². The van der Waals surface area contributed by atoms with E-state index < -0.39 is 11.7 Å². The van der Waals surface area contributed by atoms with Crippen molar-refractivity contribution in [2.45, 2.75) is 6.18 Å². The average Bonchev–Trinajstić information content (AvgIpc) is 3.04. The summed E-state index contributed by atoms with van der Waals surface area (Å²) in [4.78, 5) is 4.29. The Morgan fingerprint density at radius 2 is 1.71 bits per heavy atom. The number of aromatic nitrogens is 3. The quantitative estimate of drug-likeness (QED) is 0.715. The molecule has 5 nitrogen and oxygen atoms in total. The maximum Gasteiger partial charge on any atom is 0.416 e. The molecule has 0 amide bonds. The third-order valence-corrected chi connectivity index (χ3v) is 3.46. The highest BCUT2D eigenvalue weighted by atomic mass is 19.4. The third kappa shape index (κ3) is 3.03. The van der Waals surface area contributed by atoms with Gasteiger partial charge in [0.25, 0.3) is 0 Å². The van der Waals surface area contributed by atoms with E-state index in [-0.39, 0.29) is 0 Å². The molecule has 1 heterocycles. The molecule has 3 rings (SSSR count). The first kappa shape index (κ1) is 15.9. The zero-order valence-corrected chi connectivity index (χ0v) is 12.6. The Hall–Kier alpha value is -3.03. The summed E-state index contributed by atoms with van der Waals surface area (Å²) in [5.41, 5.74) is 6.75. The number of nitrogens with two attached hydrogens (primary N) is 1. The smallest absolute Gasteiger partial charge is 0.416 e. The van der Waals surface area contributed by atoms with Gasteiger partial charge >= 0.3 is 6.18 Å². The molecule has 0 aliphatic carbocycles. The minimum Gasteiger partial charge on any atom is -0.495 e. The lowest BCUT2D eigenvalue weighted by Gasteiger charge is -2.06. The van der Waals surface area contributed by atoms with E-state index in [1.165, 1.54) is 19.2 Å². The number of ether oxygens (including phenoxy) is 1. The molecule has 0 spiro atoms. The van der Waals surface area contributed by atoms with Crippen molar-refractivity contribution in [3.8, 4) is 28.5 Å². The number of halogens is 3. The van der Waals surface area contributed by atoms with Crippen molar-refractivity contribution in [2.75, 3.05) is 12.8 Å². The Kier molecular flexibility index (Phi) is 3.88. The summed E-state index contributed by atoms with van der Waals surface area (Å²) in [6, 6.07) is 9.79. The van der Waals surface area contributed by atoms with Gasteiger partial charge in [0.15, 0.2) is 11.6 Å². The van der Waals surface area contributed by atoms with Crippen molar-refractivity contribution >= 4 is 5.69 Å². The Labute approximate surface area is 135 Å². The lowest BCUT2D eigenvalue weighted by molar-refractivity contribution is -0.137. The molecule has 0 aliphatic heterocycles. The van der Waals surface area contributed by atoms with Crippen LogP contribution in [-0.2, 0) is 6.18 Å². The number of rotatable bonds is 3. The van der Waals surface area contributed by atoms with Gasteiger partial charge in [-0.1, -0.05) is 12.1 Å². The van der Waals surface area contributed by atoms with Gasteiger partial charge in [0, 0.05) is 11.1 Å². The normalized spacial score (nSPS) is 11.5. The second kappa shape index (κ2) is 5.88. The fourth-order valence-corrected chi connectivity index (χ4v) is 2.21. The first-order valence-corrected chi connectivity index (χ1v) is 6.92. The van der Waals surface area contributed by atoms with Crippen molar-refractivity contribution in [1.82, 2.24) is 15.2 Å². The standard InChI is InChI=1S/C16H13F3N4O/c1-24-13-7-4-10(8-12(13)20)15-21-14(22-23-15)9-2-5-11(6-3-9)16(17,18)19/h2-8H,20H2,1H3,(H,21,22,23). The summed E-state index contributed by atoms with van der Waals surface area (Å²) in [5.74, 6) is 1.30. The van der Waals surface area contributed by atoms with Crippen LogP contribution in [0.3, 0.4) is 0 Å². The van der Waals surface area contributed by atoms with Crippen LogP contribution in [0.4, 0.5) is 18.9 Å². The van der Waals surface area contributed by atoms with E-state index in [9.17, 15) is 13.2 Å². The van der Waals surface area contributed by atoms with E-state index in [4.69, 9.17) is 10.5 Å². The van der Waals surface area contributed by atoms with E-state index >= 15 is 0 Å². The highest BCUT2D eigenvalue weighted by Crippen LogP contribution is 2.31. The van der Waals surface area contributed by atoms with Crippen LogP contribution in [0.1, 0.15) is 5.56 Å². The van der Waals surface area contributed by atoms with E-state index in [1.807, 2.05) is 0 Å². The van der Waals surface area contributed by atoms with Crippen LogP contribution in [-0.4, -0.2) is 22.3 Å². The molecule has 0 unspecified atom stereocenters. The number of aromatic amines is 1. The van der Waals surface area contributed by atoms with Gasteiger partial charge in [-0.05, 0) is 30.3 Å². The van der Waals surface area contributed by atoms with Crippen molar-refractivity contribution in [2.24, 2.45) is 0 Å². The number of H-pyrrole nitrogens is 1. The SMILES string of the molecule is COc1ccc(-c2n[nH]c(-c3ccc(C(F)(F)F)cc3)n2)cc1N. The molecule has 2 aromatic carbocycles. The Balaban J connectivity index is 1.89. The molecule has 8 heteroatoms. The molecule has 0 radical (unpaired) electrons. The first-order valence-electron chi connectivity index (χ1n) is 6.92. The third-order valence-electron chi connectivity index (χ3n) is 3.46. The fourth-order valence-electron chi connectivity index (χ4n) is 2.21. The number of anilines is 1. The molecule has 0 saturated heterocycles. The van der Waals surface area contributed by atoms with Gasteiger partial charge in [0.05, 0.1) is 18.4 Å². The zero-order chi connectivity index (χ0) is 17.3. The predicted octanol–water partition coefficient (Wildman–Crippen LogP) is 3.75. The molecule has 0 bridgehead atoms. The van der Waals surface area contributed by atoms with E-state index in [0.717, 1.165) is 12.1 Å². The second-order valence-corrected chi connectivity index (χ2v) is 5.04. The lowest BCUT2D eigenvalue weighted by Crippen LogP contribution is -2.04. The number of benzene rings is 2. The van der Waals surface area contributed by atoms with E-state index in [1.54, 1.807) is 18.2 Å². The molecule has 0 fully saturated rings. The highest BCUT2D eigenvalue weighted by molar-refractivity contribution is 5.68. The van der Waals surface area contributed by atoms with Gasteiger partial charge in [-0.2, -0.15) is 18.3 Å². The van der Waals surface area contributed by atoms with Gasteiger partial charge in [-0.15, -0.1) is 0 Å². The molecular formula is C16H13F3N4O. The maximum atomic E-state index is 12.6. The average molecular weight is 334 g/mol. The lowest BCUT2D eigenvalue weighted by atomic mass is 10.1. The van der Waals surface area contributed by atoms with Crippen LogP contribution in [0.25, 0.3) is 22.8 Å². The summed E-state index contributed by atoms with van der Waals surface area (Å²) in [6.45, 7) is 0. The number of alkyl halides is 3. The first-order chi connectivity index (χ1) is 11.4. The van der Waals surface area contributed by atoms with Gasteiger partial charge in [0.1, 0.15) is 5.75 Å². The van der Waals surface area contributed by atoms with E-state index in [0.29, 0.717) is 34.2 Å². The molecule has 0 aliphatic rings. The molecule has 3 N–H and O–H groups in total. The summed E-state index contributed by atoms with van der Waals surface area (Å²) in [5, 5.41) is 6.79. The molecule has 124 valence electrons. The largest absolute Gasteiger partial charge is 0.495 e. The van der Waals surface area contributed by atoms with Crippen LogP contribution in [0.15, 0.2) is 42.5 Å². The number of nitrogens with one attached hydrogen (secondary N) is 1. The number of methoxy groups -OCH3 is 1. The second-order valence-electron chi connectivity index (χ2n) is 5.04. The summed E-state index contributed by atoms with van der Waals surface area (Å²) in [6.07, 6.45) is -4.37. The number of nitrogens with zero attached hydrogens (tertiary/aromatic N) is 2. The Bertz CT molecular complexity index is 857. The minimum atomic E-state index is -4.37. The number of hydrogen-bond donors (Lipinski definition) is 2. The van der Waals surface area contributed by atoms with Crippen LogP contribution in [0.2, 0.25) is 0 Å². The van der Waals surface area contributed by atoms with Crippen LogP contribution >= 0.6 is 0 Å². The van der Waals surface area contributed by atoms with Crippen LogP contribution in [0, 0.1) is 0 Å². The van der Waals surface area contributed by atoms with Crippen molar-refractivity contribution in [1.29, 1.82) is 0 Å². The molecule has 0 saturated carbocycles. The van der Waals surface area contributed by atoms with Crippen LogP contribution < -0.4 is 10.5 Å². The molecule has 3 aromatic rings.